The highest BCUT2D eigenvalue weighted by Crippen LogP contribution is 2.14. The molecule has 0 rings (SSSR count). The highest BCUT2D eigenvalue weighted by atomic mass is 16.3. The molecule has 0 aromatic rings. The van der Waals surface area contributed by atoms with Crippen LogP contribution in [0.5, 0.6) is 0 Å². The Balaban J connectivity index is 3.98. The molecule has 19 heavy (non-hydrogen) atoms. The molecule has 116 valence electrons. The highest BCUT2D eigenvalue weighted by Gasteiger charge is 2.20. The molecule has 0 spiro atoms. The summed E-state index contributed by atoms with van der Waals surface area (Å²) in [6.07, 6.45) is 7.25. The van der Waals surface area contributed by atoms with E-state index in [9.17, 15) is 5.11 Å². The van der Waals surface area contributed by atoms with Crippen LogP contribution in [0.1, 0.15) is 66.2 Å². The number of aliphatic hydroxyl groups excluding tert-OH is 1. The van der Waals surface area contributed by atoms with E-state index in [2.05, 4.69) is 37.9 Å². The van der Waals surface area contributed by atoms with Gasteiger partial charge in [0.25, 0.3) is 0 Å². The fourth-order valence-corrected chi connectivity index (χ4v) is 2.29. The summed E-state index contributed by atoms with van der Waals surface area (Å²) >= 11 is 0. The van der Waals surface area contributed by atoms with E-state index in [1.807, 2.05) is 7.05 Å². The van der Waals surface area contributed by atoms with Gasteiger partial charge in [0.1, 0.15) is 0 Å². The van der Waals surface area contributed by atoms with Gasteiger partial charge in [-0.2, -0.15) is 0 Å². The van der Waals surface area contributed by atoms with Crippen LogP contribution in [-0.4, -0.2) is 48.3 Å². The van der Waals surface area contributed by atoms with E-state index in [1.54, 1.807) is 0 Å². The average molecular weight is 272 g/mol. The van der Waals surface area contributed by atoms with Crippen molar-refractivity contribution < 1.29 is 5.11 Å². The summed E-state index contributed by atoms with van der Waals surface area (Å²) < 4.78 is 0. The van der Waals surface area contributed by atoms with Gasteiger partial charge in [-0.15, -0.1) is 0 Å². The minimum atomic E-state index is -0.107. The van der Waals surface area contributed by atoms with Crippen molar-refractivity contribution >= 4 is 0 Å². The second-order valence-corrected chi connectivity index (χ2v) is 6.07. The van der Waals surface area contributed by atoms with Crippen LogP contribution >= 0.6 is 0 Å². The molecule has 0 radical (unpaired) electrons. The molecule has 2 atom stereocenters. The van der Waals surface area contributed by atoms with Crippen molar-refractivity contribution in [2.75, 3.05) is 26.7 Å². The second kappa shape index (κ2) is 10.6. The lowest BCUT2D eigenvalue weighted by Crippen LogP contribution is -2.43. The average Bonchev–Trinajstić information content (AvgIpc) is 2.45. The van der Waals surface area contributed by atoms with Crippen molar-refractivity contribution in [2.24, 2.45) is 0 Å². The maximum Gasteiger partial charge on any atom is 0.0610 e. The summed E-state index contributed by atoms with van der Waals surface area (Å²) in [5.74, 6) is 0. The highest BCUT2D eigenvalue weighted by molar-refractivity contribution is 4.80. The monoisotopic (exact) mass is 272 g/mol. The Hall–Kier alpha value is -0.120. The molecule has 3 heteroatoms. The first kappa shape index (κ1) is 18.9. The van der Waals surface area contributed by atoms with Crippen molar-refractivity contribution in [2.45, 2.75) is 77.8 Å². The molecule has 0 aliphatic carbocycles. The first-order chi connectivity index (χ1) is 9.02. The van der Waals surface area contributed by atoms with E-state index in [0.29, 0.717) is 6.04 Å². The van der Waals surface area contributed by atoms with Gasteiger partial charge in [-0.25, -0.2) is 0 Å². The molecule has 0 bridgehead atoms. The third-order valence-electron chi connectivity index (χ3n) is 4.39. The Morgan fingerprint density at radius 1 is 1.16 bits per heavy atom. The molecular weight excluding hydrogens is 236 g/mol. The second-order valence-electron chi connectivity index (χ2n) is 6.07. The first-order valence-electron chi connectivity index (χ1n) is 8.06. The number of nitrogens with zero attached hydrogens (tertiary/aromatic N) is 1. The lowest BCUT2D eigenvalue weighted by atomic mass is 9.96. The molecule has 0 saturated carbocycles. The smallest absolute Gasteiger partial charge is 0.0610 e. The first-order valence-corrected chi connectivity index (χ1v) is 8.06. The Kier molecular flexibility index (Phi) is 10.6. The topological polar surface area (TPSA) is 35.5 Å². The van der Waals surface area contributed by atoms with Crippen molar-refractivity contribution in [1.29, 1.82) is 0 Å². The number of hydrogen-bond acceptors (Lipinski definition) is 3. The van der Waals surface area contributed by atoms with Gasteiger partial charge < -0.3 is 15.3 Å². The number of hydrogen-bond donors (Lipinski definition) is 2. The number of nitrogens with one attached hydrogen (secondary N) is 1. The van der Waals surface area contributed by atoms with Crippen molar-refractivity contribution in [1.82, 2.24) is 10.2 Å². The van der Waals surface area contributed by atoms with Crippen LogP contribution in [0.4, 0.5) is 0 Å². The van der Waals surface area contributed by atoms with Crippen LogP contribution in [-0.2, 0) is 0 Å². The maximum atomic E-state index is 9.36. The molecule has 0 saturated heterocycles. The minimum Gasteiger partial charge on any atom is -0.394 e. The molecule has 3 nitrogen and oxygen atoms in total. The van der Waals surface area contributed by atoms with Gasteiger partial charge >= 0.3 is 0 Å². The third-order valence-corrected chi connectivity index (χ3v) is 4.39. The SMILES string of the molecule is CCCCN(CCCCC(C)(CO)NC)C(C)CC. The summed E-state index contributed by atoms with van der Waals surface area (Å²) in [7, 11) is 1.93. The van der Waals surface area contributed by atoms with Crippen LogP contribution in [0, 0.1) is 0 Å². The van der Waals surface area contributed by atoms with Gasteiger partial charge in [-0.1, -0.05) is 26.7 Å². The van der Waals surface area contributed by atoms with Gasteiger partial charge in [0.15, 0.2) is 0 Å². The largest absolute Gasteiger partial charge is 0.394 e. The molecule has 2 unspecified atom stereocenters. The Bertz CT molecular complexity index is 205. The quantitative estimate of drug-likeness (QED) is 0.536. The molecule has 0 aromatic heterocycles. The fraction of sp³-hybridized carbons (Fsp3) is 1.00. The number of rotatable bonds is 12. The van der Waals surface area contributed by atoms with Gasteiger partial charge in [0.05, 0.1) is 6.61 Å². The molecular formula is C16H36N2O. The van der Waals surface area contributed by atoms with Gasteiger partial charge in [0.2, 0.25) is 0 Å². The zero-order chi connectivity index (χ0) is 14.7. The predicted octanol–water partition coefficient (Wildman–Crippen LogP) is 3.03. The van der Waals surface area contributed by atoms with Crippen LogP contribution in [0.15, 0.2) is 0 Å². The fourth-order valence-electron chi connectivity index (χ4n) is 2.29. The lowest BCUT2D eigenvalue weighted by Gasteiger charge is -2.30. The zero-order valence-electron chi connectivity index (χ0n) is 13.8. The molecule has 0 aliphatic rings. The standard InChI is InChI=1S/C16H36N2O/c1-6-8-12-18(15(3)7-2)13-10-9-11-16(4,14-19)17-5/h15,17,19H,6-14H2,1-5H3. The van der Waals surface area contributed by atoms with Crippen molar-refractivity contribution in [3.63, 3.8) is 0 Å². The zero-order valence-corrected chi connectivity index (χ0v) is 13.8. The maximum absolute atomic E-state index is 9.36. The number of unbranched alkanes of at least 4 members (excludes halogenated alkanes) is 2. The normalized spacial score (nSPS) is 16.6. The van der Waals surface area contributed by atoms with Gasteiger partial charge in [-0.05, 0) is 59.7 Å². The summed E-state index contributed by atoms with van der Waals surface area (Å²) in [4.78, 5) is 2.62. The van der Waals surface area contributed by atoms with E-state index in [0.717, 1.165) is 6.42 Å². The molecule has 0 amide bonds. The Morgan fingerprint density at radius 2 is 1.79 bits per heavy atom. The number of likely N-dealkylation sites (N-methyl/N-ethyl adjacent to an activating group) is 1. The van der Waals surface area contributed by atoms with Crippen LogP contribution < -0.4 is 5.32 Å². The van der Waals surface area contributed by atoms with Crippen molar-refractivity contribution in [3.05, 3.63) is 0 Å². The Morgan fingerprint density at radius 3 is 2.26 bits per heavy atom. The summed E-state index contributed by atoms with van der Waals surface area (Å²) in [6.45, 7) is 11.6. The van der Waals surface area contributed by atoms with Crippen LogP contribution in [0.25, 0.3) is 0 Å². The van der Waals surface area contributed by atoms with Gasteiger partial charge in [-0.3, -0.25) is 0 Å². The van der Waals surface area contributed by atoms with Crippen molar-refractivity contribution in [3.8, 4) is 0 Å². The van der Waals surface area contributed by atoms with E-state index < -0.39 is 0 Å². The van der Waals surface area contributed by atoms with E-state index in [1.165, 1.54) is 45.2 Å². The Labute approximate surface area is 120 Å². The van der Waals surface area contributed by atoms with Gasteiger partial charge in [0, 0.05) is 11.6 Å². The third kappa shape index (κ3) is 7.91. The number of aliphatic hydroxyl groups is 1. The minimum absolute atomic E-state index is 0.107. The van der Waals surface area contributed by atoms with E-state index in [-0.39, 0.29) is 12.1 Å². The van der Waals surface area contributed by atoms with E-state index in [4.69, 9.17) is 0 Å². The van der Waals surface area contributed by atoms with E-state index >= 15 is 0 Å². The summed E-state index contributed by atoms with van der Waals surface area (Å²) in [6, 6.07) is 0.695. The molecule has 0 aliphatic heterocycles. The summed E-state index contributed by atoms with van der Waals surface area (Å²) in [5.41, 5.74) is -0.107. The lowest BCUT2D eigenvalue weighted by molar-refractivity contribution is 0.162. The molecule has 2 N–H and O–H groups in total. The predicted molar refractivity (Wildman–Crippen MR) is 84.6 cm³/mol. The molecule has 0 aromatic carbocycles. The molecule has 0 heterocycles. The summed E-state index contributed by atoms with van der Waals surface area (Å²) in [5, 5.41) is 12.6. The van der Waals surface area contributed by atoms with Crippen LogP contribution in [0.3, 0.4) is 0 Å². The van der Waals surface area contributed by atoms with Crippen LogP contribution in [0.2, 0.25) is 0 Å². The molecule has 0 fully saturated rings.